The highest BCUT2D eigenvalue weighted by Crippen LogP contribution is 2.35. The predicted molar refractivity (Wildman–Crippen MR) is 124 cm³/mol. The molecule has 170 valence electrons. The number of nitrogens with zero attached hydrogens (tertiary/aromatic N) is 3. The first kappa shape index (κ1) is 21.4. The maximum absolute atomic E-state index is 12.6. The average Bonchev–Trinajstić information content (AvgIpc) is 3.53. The lowest BCUT2D eigenvalue weighted by atomic mass is 9.97. The highest BCUT2D eigenvalue weighted by molar-refractivity contribution is 7.13. The van der Waals surface area contributed by atoms with Crippen molar-refractivity contribution >= 4 is 28.8 Å². The van der Waals surface area contributed by atoms with Crippen LogP contribution in [0.3, 0.4) is 0 Å². The van der Waals surface area contributed by atoms with Crippen molar-refractivity contribution in [3.8, 4) is 11.5 Å². The van der Waals surface area contributed by atoms with E-state index in [9.17, 15) is 9.59 Å². The number of carbonyl (C=O) groups is 2. The molecule has 0 aliphatic carbocycles. The lowest BCUT2D eigenvalue weighted by Gasteiger charge is -2.31. The molecule has 5 rings (SSSR count). The van der Waals surface area contributed by atoms with E-state index in [1.807, 2.05) is 23.1 Å². The van der Waals surface area contributed by atoms with Crippen molar-refractivity contribution in [1.82, 2.24) is 15.1 Å². The van der Waals surface area contributed by atoms with Crippen molar-refractivity contribution in [2.45, 2.75) is 31.6 Å². The Balaban J connectivity index is 1.12. The molecule has 0 bridgehead atoms. The van der Waals surface area contributed by atoms with E-state index in [1.54, 1.807) is 18.2 Å². The summed E-state index contributed by atoms with van der Waals surface area (Å²) >= 11 is 1.32. The lowest BCUT2D eigenvalue weighted by Crippen LogP contribution is -2.38. The zero-order valence-electron chi connectivity index (χ0n) is 18.0. The van der Waals surface area contributed by atoms with Crippen molar-refractivity contribution in [3.63, 3.8) is 0 Å². The number of ether oxygens (including phenoxy) is 2. The van der Waals surface area contributed by atoms with Crippen LogP contribution in [0.5, 0.6) is 11.5 Å². The van der Waals surface area contributed by atoms with E-state index in [0.29, 0.717) is 41.7 Å². The van der Waals surface area contributed by atoms with Crippen LogP contribution in [0.1, 0.15) is 45.6 Å². The minimum absolute atomic E-state index is 0.184. The van der Waals surface area contributed by atoms with Gasteiger partial charge in [0.25, 0.3) is 5.91 Å². The van der Waals surface area contributed by atoms with Crippen LogP contribution >= 0.6 is 11.3 Å². The van der Waals surface area contributed by atoms with Gasteiger partial charge in [-0.1, -0.05) is 41.7 Å². The first-order valence-electron chi connectivity index (χ1n) is 11.0. The van der Waals surface area contributed by atoms with Gasteiger partial charge in [0.05, 0.1) is 0 Å². The van der Waals surface area contributed by atoms with Crippen LogP contribution in [0, 0.1) is 0 Å². The predicted octanol–water partition coefficient (Wildman–Crippen LogP) is 3.86. The fourth-order valence-corrected chi connectivity index (χ4v) is 4.99. The van der Waals surface area contributed by atoms with E-state index in [4.69, 9.17) is 9.47 Å². The minimum atomic E-state index is -0.300. The summed E-state index contributed by atoms with van der Waals surface area (Å²) in [4.78, 5) is 27.1. The second kappa shape index (κ2) is 9.58. The Hall–Kier alpha value is -3.46. The van der Waals surface area contributed by atoms with Gasteiger partial charge in [0, 0.05) is 37.2 Å². The summed E-state index contributed by atoms with van der Waals surface area (Å²) in [6.07, 6.45) is 2.94. The molecule has 2 amide bonds. The zero-order valence-corrected chi connectivity index (χ0v) is 18.8. The number of piperidine rings is 1. The third-order valence-electron chi connectivity index (χ3n) is 5.93. The summed E-state index contributed by atoms with van der Waals surface area (Å²) in [5.41, 5.74) is 1.80. The van der Waals surface area contributed by atoms with Crippen LogP contribution in [0.15, 0.2) is 48.5 Å². The van der Waals surface area contributed by atoms with E-state index < -0.39 is 0 Å². The van der Waals surface area contributed by atoms with Gasteiger partial charge in [-0.15, -0.1) is 10.2 Å². The van der Waals surface area contributed by atoms with Gasteiger partial charge >= 0.3 is 0 Å². The summed E-state index contributed by atoms with van der Waals surface area (Å²) in [7, 11) is 0. The Labute approximate surface area is 195 Å². The van der Waals surface area contributed by atoms with Crippen molar-refractivity contribution in [1.29, 1.82) is 0 Å². The Kier molecular flexibility index (Phi) is 6.21. The molecule has 2 aromatic carbocycles. The molecule has 2 aliphatic rings. The van der Waals surface area contributed by atoms with Crippen molar-refractivity contribution in [3.05, 3.63) is 64.1 Å². The third kappa shape index (κ3) is 4.98. The van der Waals surface area contributed by atoms with E-state index in [0.717, 1.165) is 24.3 Å². The van der Waals surface area contributed by atoms with Crippen LogP contribution in [0.4, 0.5) is 5.69 Å². The summed E-state index contributed by atoms with van der Waals surface area (Å²) in [5.74, 6) is 1.38. The number of hydrogen-bond acceptors (Lipinski definition) is 7. The number of rotatable bonds is 6. The van der Waals surface area contributed by atoms with Crippen molar-refractivity contribution < 1.29 is 19.1 Å². The largest absolute Gasteiger partial charge is 0.454 e. The number of aromatic nitrogens is 2. The minimum Gasteiger partial charge on any atom is -0.454 e. The summed E-state index contributed by atoms with van der Waals surface area (Å²) in [5, 5.41) is 12.4. The molecular weight excluding hydrogens is 440 g/mol. The molecule has 0 saturated carbocycles. The molecule has 8 nitrogen and oxygen atoms in total. The van der Waals surface area contributed by atoms with E-state index >= 15 is 0 Å². The third-order valence-corrected chi connectivity index (χ3v) is 7.02. The summed E-state index contributed by atoms with van der Waals surface area (Å²) < 4.78 is 10.6. The fourth-order valence-electron chi connectivity index (χ4n) is 4.08. The van der Waals surface area contributed by atoms with Crippen LogP contribution < -0.4 is 14.8 Å². The molecule has 3 aromatic rings. The number of fused-ring (bicyclic) bond motifs is 1. The number of anilines is 1. The normalized spacial score (nSPS) is 15.5. The molecule has 1 fully saturated rings. The monoisotopic (exact) mass is 464 g/mol. The maximum Gasteiger partial charge on any atom is 0.286 e. The number of nitrogens with one attached hydrogen (secondary N) is 1. The van der Waals surface area contributed by atoms with Crippen molar-refractivity contribution in [2.24, 2.45) is 0 Å². The summed E-state index contributed by atoms with van der Waals surface area (Å²) in [6.45, 7) is 1.59. The van der Waals surface area contributed by atoms with E-state index in [-0.39, 0.29) is 24.5 Å². The zero-order chi connectivity index (χ0) is 22.6. The van der Waals surface area contributed by atoms with Gasteiger partial charge in [-0.3, -0.25) is 9.59 Å². The number of amides is 2. The molecule has 0 unspecified atom stereocenters. The topological polar surface area (TPSA) is 93.7 Å². The molecular formula is C24H24N4O4S. The first-order chi connectivity index (χ1) is 16.2. The lowest BCUT2D eigenvalue weighted by molar-refractivity contribution is -0.132. The standard InChI is InChI=1S/C24H24N4O4S/c29-21(9-6-16-4-2-1-3-5-16)28-12-10-17(11-13-28)23-26-27-24(33-23)22(30)25-18-7-8-19-20(14-18)32-15-31-19/h1-5,7-8,14,17H,6,9-13,15H2,(H,25,30). The van der Waals surface area contributed by atoms with E-state index in [1.165, 1.54) is 16.9 Å². The van der Waals surface area contributed by atoms with Gasteiger partial charge in [-0.25, -0.2) is 0 Å². The molecule has 2 aliphatic heterocycles. The number of benzene rings is 2. The van der Waals surface area contributed by atoms with E-state index in [2.05, 4.69) is 27.6 Å². The number of aryl methyl sites for hydroxylation is 1. The van der Waals surface area contributed by atoms with Gasteiger partial charge < -0.3 is 19.7 Å². The van der Waals surface area contributed by atoms with Gasteiger partial charge in [0.2, 0.25) is 17.7 Å². The molecule has 3 heterocycles. The Bertz CT molecular complexity index is 1140. The quantitative estimate of drug-likeness (QED) is 0.596. The fraction of sp³-hybridized carbons (Fsp3) is 0.333. The summed E-state index contributed by atoms with van der Waals surface area (Å²) in [6, 6.07) is 15.3. The van der Waals surface area contributed by atoms with Gasteiger partial charge in [0.15, 0.2) is 11.5 Å². The molecule has 1 saturated heterocycles. The molecule has 33 heavy (non-hydrogen) atoms. The highest BCUT2D eigenvalue weighted by atomic mass is 32.1. The molecule has 0 atom stereocenters. The number of likely N-dealkylation sites (tertiary alicyclic amines) is 1. The number of carbonyl (C=O) groups excluding carboxylic acids is 2. The SMILES string of the molecule is O=C(Nc1ccc2c(c1)OCO2)c1nnc(C2CCN(C(=O)CCc3ccccc3)CC2)s1. The number of hydrogen-bond donors (Lipinski definition) is 1. The maximum atomic E-state index is 12.6. The van der Waals surface area contributed by atoms with Crippen molar-refractivity contribution in [2.75, 3.05) is 25.2 Å². The van der Waals surface area contributed by atoms with Crippen LogP contribution in [-0.2, 0) is 11.2 Å². The molecule has 0 spiro atoms. The molecule has 9 heteroatoms. The average molecular weight is 465 g/mol. The van der Waals surface area contributed by atoms with Crippen LogP contribution in [-0.4, -0.2) is 46.8 Å². The van der Waals surface area contributed by atoms with Crippen LogP contribution in [0.2, 0.25) is 0 Å². The first-order valence-corrected chi connectivity index (χ1v) is 11.8. The molecule has 1 N–H and O–H groups in total. The highest BCUT2D eigenvalue weighted by Gasteiger charge is 2.27. The van der Waals surface area contributed by atoms with Gasteiger partial charge in [-0.2, -0.15) is 0 Å². The second-order valence-corrected chi connectivity index (χ2v) is 9.12. The van der Waals surface area contributed by atoms with Gasteiger partial charge in [0.1, 0.15) is 5.01 Å². The second-order valence-electron chi connectivity index (χ2n) is 8.11. The Morgan fingerprint density at radius 2 is 1.82 bits per heavy atom. The Morgan fingerprint density at radius 1 is 1.03 bits per heavy atom. The van der Waals surface area contributed by atoms with Gasteiger partial charge in [-0.05, 0) is 37.0 Å². The van der Waals surface area contributed by atoms with Crippen LogP contribution in [0.25, 0.3) is 0 Å². The molecule has 0 radical (unpaired) electrons. The smallest absolute Gasteiger partial charge is 0.286 e. The Morgan fingerprint density at radius 3 is 2.64 bits per heavy atom. The molecule has 1 aromatic heterocycles.